The highest BCUT2D eigenvalue weighted by atomic mass is 19.2. The lowest BCUT2D eigenvalue weighted by Gasteiger charge is -2.19. The lowest BCUT2D eigenvalue weighted by molar-refractivity contribution is -0.137. The molecule has 1 atom stereocenters. The van der Waals surface area contributed by atoms with Gasteiger partial charge in [0.2, 0.25) is 6.10 Å². The highest BCUT2D eigenvalue weighted by molar-refractivity contribution is 5.82. The van der Waals surface area contributed by atoms with E-state index in [0.717, 1.165) is 12.1 Å². The molecule has 5 nitrogen and oxygen atoms in total. The van der Waals surface area contributed by atoms with E-state index < -0.39 is 29.6 Å². The highest BCUT2D eigenvalue weighted by Crippen LogP contribution is 2.24. The number of benzene rings is 2. The number of ether oxygens (including phenoxy) is 1. The number of halogens is 2. The largest absolute Gasteiger partial charge is 0.481 e. The van der Waals surface area contributed by atoms with E-state index >= 15 is 0 Å². The molecule has 1 unspecified atom stereocenters. The van der Waals surface area contributed by atoms with Crippen LogP contribution in [0.1, 0.15) is 30.9 Å². The van der Waals surface area contributed by atoms with E-state index in [0.29, 0.717) is 18.4 Å². The Hall–Kier alpha value is -2.96. The average Bonchev–Trinajstić information content (AvgIpc) is 2.62. The maximum Gasteiger partial charge on any atom is 0.303 e. The summed E-state index contributed by atoms with van der Waals surface area (Å²) in [4.78, 5) is 23.0. The quantitative estimate of drug-likeness (QED) is 0.669. The first kappa shape index (κ1) is 19.4. The van der Waals surface area contributed by atoms with Crippen molar-refractivity contribution in [3.63, 3.8) is 0 Å². The molecule has 0 saturated carbocycles. The van der Waals surface area contributed by atoms with Gasteiger partial charge in [-0.1, -0.05) is 30.3 Å². The summed E-state index contributed by atoms with van der Waals surface area (Å²) in [7, 11) is 0. The number of hydrogen-bond acceptors (Lipinski definition) is 3. The van der Waals surface area contributed by atoms with Crippen LogP contribution in [0.5, 0.6) is 5.75 Å². The first-order valence-electron chi connectivity index (χ1n) is 8.13. The second-order valence-corrected chi connectivity index (χ2v) is 5.63. The molecule has 0 aliphatic heterocycles. The van der Waals surface area contributed by atoms with Crippen LogP contribution < -0.4 is 10.1 Å². The number of carboxylic acid groups (broad SMARTS) is 1. The van der Waals surface area contributed by atoms with Crippen LogP contribution in [0.15, 0.2) is 48.5 Å². The normalized spacial score (nSPS) is 11.6. The number of rotatable bonds is 9. The molecule has 0 heterocycles. The lowest BCUT2D eigenvalue weighted by atomic mass is 10.1. The minimum atomic E-state index is -1.07. The summed E-state index contributed by atoms with van der Waals surface area (Å²) in [6, 6.07) is 11.7. The number of carboxylic acids is 1. The predicted molar refractivity (Wildman–Crippen MR) is 90.7 cm³/mol. The van der Waals surface area contributed by atoms with Gasteiger partial charge in [-0.15, -0.1) is 0 Å². The summed E-state index contributed by atoms with van der Waals surface area (Å²) in [6.45, 7) is 0.288. The zero-order valence-corrected chi connectivity index (χ0v) is 14.0. The van der Waals surface area contributed by atoms with Crippen molar-refractivity contribution in [2.75, 3.05) is 6.54 Å². The van der Waals surface area contributed by atoms with Crippen LogP contribution >= 0.6 is 0 Å². The van der Waals surface area contributed by atoms with Crippen LogP contribution in [-0.2, 0) is 9.59 Å². The van der Waals surface area contributed by atoms with Crippen molar-refractivity contribution in [3.8, 4) is 5.75 Å². The average molecular weight is 363 g/mol. The topological polar surface area (TPSA) is 75.6 Å². The summed E-state index contributed by atoms with van der Waals surface area (Å²) in [5, 5.41) is 11.3. The molecule has 2 aromatic rings. The van der Waals surface area contributed by atoms with Gasteiger partial charge in [-0.05, 0) is 25.0 Å². The number of carbonyl (C=O) groups is 2. The van der Waals surface area contributed by atoms with Crippen LogP contribution in [0.4, 0.5) is 8.78 Å². The van der Waals surface area contributed by atoms with Gasteiger partial charge >= 0.3 is 5.97 Å². The highest BCUT2D eigenvalue weighted by Gasteiger charge is 2.22. The summed E-state index contributed by atoms with van der Waals surface area (Å²) < 4.78 is 32.0. The molecule has 138 valence electrons. The van der Waals surface area contributed by atoms with Crippen molar-refractivity contribution in [1.29, 1.82) is 0 Å². The predicted octanol–water partition coefficient (Wildman–Crippen LogP) is 3.46. The Kier molecular flexibility index (Phi) is 7.08. The molecule has 0 spiro atoms. The molecule has 26 heavy (non-hydrogen) atoms. The van der Waals surface area contributed by atoms with E-state index in [2.05, 4.69) is 5.32 Å². The van der Waals surface area contributed by atoms with Crippen LogP contribution in [-0.4, -0.2) is 23.5 Å². The summed E-state index contributed by atoms with van der Waals surface area (Å²) >= 11 is 0. The molecule has 0 aliphatic carbocycles. The van der Waals surface area contributed by atoms with Crippen molar-refractivity contribution in [2.24, 2.45) is 0 Å². The van der Waals surface area contributed by atoms with Gasteiger partial charge in [0.1, 0.15) is 5.75 Å². The van der Waals surface area contributed by atoms with E-state index in [-0.39, 0.29) is 18.7 Å². The van der Waals surface area contributed by atoms with Crippen molar-refractivity contribution in [3.05, 3.63) is 65.7 Å². The number of unbranched alkanes of at least 4 members (excludes halogenated alkanes) is 1. The number of aliphatic carboxylic acids is 1. The van der Waals surface area contributed by atoms with Gasteiger partial charge in [0.05, 0.1) is 0 Å². The Morgan fingerprint density at radius 1 is 1.04 bits per heavy atom. The molecular formula is C19H19F2NO4. The second-order valence-electron chi connectivity index (χ2n) is 5.63. The van der Waals surface area contributed by atoms with Crippen molar-refractivity contribution >= 4 is 11.9 Å². The molecule has 0 bridgehead atoms. The van der Waals surface area contributed by atoms with Gasteiger partial charge in [-0.25, -0.2) is 8.78 Å². The van der Waals surface area contributed by atoms with E-state index in [9.17, 15) is 18.4 Å². The molecule has 0 aromatic heterocycles. The number of carbonyl (C=O) groups excluding carboxylic acids is 1. The smallest absolute Gasteiger partial charge is 0.303 e. The molecule has 2 N–H and O–H groups in total. The fourth-order valence-corrected chi connectivity index (χ4v) is 2.29. The maximum atomic E-state index is 13.4. The van der Waals surface area contributed by atoms with E-state index in [4.69, 9.17) is 9.84 Å². The SMILES string of the molecule is O=C(O)CCCCNC(=O)C(Oc1ccc(F)c(F)c1)c1ccccc1. The van der Waals surface area contributed by atoms with Gasteiger partial charge in [0, 0.05) is 24.6 Å². The van der Waals surface area contributed by atoms with Gasteiger partial charge in [-0.2, -0.15) is 0 Å². The van der Waals surface area contributed by atoms with Gasteiger partial charge in [0.15, 0.2) is 11.6 Å². The summed E-state index contributed by atoms with van der Waals surface area (Å²) in [5.74, 6) is -3.38. The number of amides is 1. The van der Waals surface area contributed by atoms with Gasteiger partial charge in [0.25, 0.3) is 5.91 Å². The van der Waals surface area contributed by atoms with E-state index in [1.54, 1.807) is 30.3 Å². The zero-order chi connectivity index (χ0) is 18.9. The fourth-order valence-electron chi connectivity index (χ4n) is 2.29. The van der Waals surface area contributed by atoms with Crippen molar-refractivity contribution in [2.45, 2.75) is 25.4 Å². The fraction of sp³-hybridized carbons (Fsp3) is 0.263. The Labute approximate surface area is 149 Å². The van der Waals surface area contributed by atoms with Crippen LogP contribution in [0.3, 0.4) is 0 Å². The standard InChI is InChI=1S/C19H19F2NO4/c20-15-10-9-14(12-16(15)21)26-18(13-6-2-1-3-7-13)19(25)22-11-5-4-8-17(23)24/h1-3,6-7,9-10,12,18H,4-5,8,11H2,(H,22,25)(H,23,24). The third-order valence-electron chi connectivity index (χ3n) is 3.60. The summed E-state index contributed by atoms with van der Waals surface area (Å²) in [5.41, 5.74) is 0.556. The number of hydrogen-bond donors (Lipinski definition) is 2. The van der Waals surface area contributed by atoms with Crippen LogP contribution in [0, 0.1) is 11.6 Å². The molecule has 2 rings (SSSR count). The molecule has 0 fully saturated rings. The minimum absolute atomic E-state index is 0.0266. The Bertz CT molecular complexity index is 752. The Balaban J connectivity index is 2.05. The minimum Gasteiger partial charge on any atom is -0.481 e. The van der Waals surface area contributed by atoms with Crippen molar-refractivity contribution in [1.82, 2.24) is 5.32 Å². The molecule has 7 heteroatoms. The molecule has 0 saturated heterocycles. The van der Waals surface area contributed by atoms with Gasteiger partial charge < -0.3 is 15.2 Å². The van der Waals surface area contributed by atoms with Crippen LogP contribution in [0.2, 0.25) is 0 Å². The number of nitrogens with one attached hydrogen (secondary N) is 1. The van der Waals surface area contributed by atoms with Crippen molar-refractivity contribution < 1.29 is 28.2 Å². The first-order chi connectivity index (χ1) is 12.5. The summed E-state index contributed by atoms with van der Waals surface area (Å²) in [6.07, 6.45) is -0.0653. The van der Waals surface area contributed by atoms with Crippen LogP contribution in [0.25, 0.3) is 0 Å². The molecule has 0 radical (unpaired) electrons. The maximum absolute atomic E-state index is 13.4. The third kappa shape index (κ3) is 5.84. The first-order valence-corrected chi connectivity index (χ1v) is 8.13. The van der Waals surface area contributed by atoms with E-state index in [1.165, 1.54) is 6.07 Å². The Morgan fingerprint density at radius 3 is 2.42 bits per heavy atom. The second kappa shape index (κ2) is 9.50. The Morgan fingerprint density at radius 2 is 1.77 bits per heavy atom. The lowest BCUT2D eigenvalue weighted by Crippen LogP contribution is -2.33. The zero-order valence-electron chi connectivity index (χ0n) is 14.0. The molecular weight excluding hydrogens is 344 g/mol. The molecule has 0 aliphatic rings. The van der Waals surface area contributed by atoms with Gasteiger partial charge in [-0.3, -0.25) is 9.59 Å². The third-order valence-corrected chi connectivity index (χ3v) is 3.60. The monoisotopic (exact) mass is 363 g/mol. The van der Waals surface area contributed by atoms with E-state index in [1.807, 2.05) is 0 Å². The molecule has 2 aromatic carbocycles. The molecule has 1 amide bonds.